The van der Waals surface area contributed by atoms with Crippen molar-refractivity contribution in [1.82, 2.24) is 9.55 Å². The van der Waals surface area contributed by atoms with E-state index in [0.717, 1.165) is 10.9 Å². The van der Waals surface area contributed by atoms with E-state index >= 15 is 0 Å². The van der Waals surface area contributed by atoms with Crippen LogP contribution >= 0.6 is 0 Å². The van der Waals surface area contributed by atoms with Gasteiger partial charge in [-0.05, 0) is 100 Å². The molecule has 0 fully saturated rings. The van der Waals surface area contributed by atoms with Crippen molar-refractivity contribution in [3.63, 3.8) is 0 Å². The van der Waals surface area contributed by atoms with Gasteiger partial charge in [-0.1, -0.05) is 92.7 Å². The number of nitrogens with zero attached hydrogens (tertiary/aromatic N) is 2. The molecule has 2 nitrogen and oxygen atoms in total. The predicted molar refractivity (Wildman–Crippen MR) is 186 cm³/mol. The molecule has 2 aromatic heterocycles. The van der Waals surface area contributed by atoms with Crippen molar-refractivity contribution in [2.75, 3.05) is 0 Å². The largest absolute Gasteiger partial charge is 0.309 e. The molecule has 0 radical (unpaired) electrons. The smallest absolute Gasteiger partial charge is 0.0801 e. The highest BCUT2D eigenvalue weighted by molar-refractivity contribution is 6.16. The van der Waals surface area contributed by atoms with Crippen LogP contribution in [0.4, 0.5) is 0 Å². The van der Waals surface area contributed by atoms with Crippen LogP contribution < -0.4 is 0 Å². The summed E-state index contributed by atoms with van der Waals surface area (Å²) in [6.45, 7) is 9.20. The summed E-state index contributed by atoms with van der Waals surface area (Å²) >= 11 is 0. The molecular weight excluding hydrogens is 532 g/mol. The van der Waals surface area contributed by atoms with Gasteiger partial charge in [-0.15, -0.1) is 0 Å². The second kappa shape index (κ2) is 8.90. The summed E-state index contributed by atoms with van der Waals surface area (Å²) in [7, 11) is 0. The molecule has 1 aliphatic carbocycles. The van der Waals surface area contributed by atoms with Gasteiger partial charge in [-0.3, -0.25) is 4.98 Å². The van der Waals surface area contributed by atoms with Crippen molar-refractivity contribution < 1.29 is 0 Å². The van der Waals surface area contributed by atoms with Crippen LogP contribution in [-0.2, 0) is 5.41 Å². The highest BCUT2D eigenvalue weighted by Gasteiger charge is 2.36. The number of aromatic nitrogens is 2. The fourth-order valence-corrected chi connectivity index (χ4v) is 7.87. The number of benzene rings is 6. The van der Waals surface area contributed by atoms with Crippen LogP contribution in [-0.4, -0.2) is 9.55 Å². The van der Waals surface area contributed by atoms with Crippen molar-refractivity contribution in [1.29, 1.82) is 0 Å². The Morgan fingerprint density at radius 1 is 0.545 bits per heavy atom. The third-order valence-electron chi connectivity index (χ3n) is 10.1. The van der Waals surface area contributed by atoms with Gasteiger partial charge in [-0.25, -0.2) is 0 Å². The van der Waals surface area contributed by atoms with Gasteiger partial charge in [0.05, 0.1) is 22.2 Å². The molecule has 0 N–H and O–H groups in total. The second-order valence-corrected chi connectivity index (χ2v) is 12.9. The first kappa shape index (κ1) is 25.3. The van der Waals surface area contributed by atoms with Gasteiger partial charge in [0, 0.05) is 33.2 Å². The maximum absolute atomic E-state index is 4.92. The first-order chi connectivity index (χ1) is 21.4. The van der Waals surface area contributed by atoms with Gasteiger partial charge in [0.15, 0.2) is 0 Å². The molecule has 9 rings (SSSR count). The lowest BCUT2D eigenvalue weighted by Crippen LogP contribution is -2.15. The molecule has 0 unspecified atom stereocenters. The minimum absolute atomic E-state index is 0.0867. The Balaban J connectivity index is 1.47. The van der Waals surface area contributed by atoms with E-state index in [2.05, 4.69) is 141 Å². The average Bonchev–Trinajstić information content (AvgIpc) is 3.47. The van der Waals surface area contributed by atoms with Crippen LogP contribution in [0.1, 0.15) is 36.1 Å². The Morgan fingerprint density at radius 3 is 2.09 bits per heavy atom. The summed E-state index contributed by atoms with van der Waals surface area (Å²) in [5.74, 6) is 0. The number of hydrogen-bond donors (Lipinski definition) is 0. The number of fused-ring (bicyclic) bond motifs is 9. The number of hydrogen-bond acceptors (Lipinski definition) is 1. The third-order valence-corrected chi connectivity index (χ3v) is 10.1. The Kier molecular flexibility index (Phi) is 5.12. The molecule has 0 atom stereocenters. The average molecular weight is 565 g/mol. The minimum Gasteiger partial charge on any atom is -0.309 e. The molecule has 0 amide bonds. The second-order valence-electron chi connectivity index (χ2n) is 12.9. The fourth-order valence-electron chi connectivity index (χ4n) is 7.87. The van der Waals surface area contributed by atoms with Crippen molar-refractivity contribution >= 4 is 43.5 Å². The SMILES string of the molecule is Cc1ccccc1-c1cc2c3cc4c(cc3n(-c3cccc5ccc6cccnc6c35)c2cc1C)C(C)(C)c1ccccc1-4. The minimum atomic E-state index is -0.0867. The summed E-state index contributed by atoms with van der Waals surface area (Å²) in [5.41, 5.74) is 15.2. The molecule has 0 spiro atoms. The van der Waals surface area contributed by atoms with Crippen LogP contribution in [0.15, 0.2) is 121 Å². The molecule has 2 heteroatoms. The van der Waals surface area contributed by atoms with E-state index in [0.29, 0.717) is 0 Å². The summed E-state index contributed by atoms with van der Waals surface area (Å²) < 4.78 is 2.51. The molecule has 0 saturated carbocycles. The van der Waals surface area contributed by atoms with E-state index in [-0.39, 0.29) is 5.41 Å². The summed E-state index contributed by atoms with van der Waals surface area (Å²) in [6, 6.07) is 42.7. The highest BCUT2D eigenvalue weighted by Crippen LogP contribution is 2.51. The number of aryl methyl sites for hydroxylation is 2. The molecule has 8 aromatic rings. The molecule has 0 bridgehead atoms. The molecule has 2 heterocycles. The zero-order chi connectivity index (χ0) is 29.7. The van der Waals surface area contributed by atoms with Gasteiger partial charge in [0.2, 0.25) is 0 Å². The lowest BCUT2D eigenvalue weighted by molar-refractivity contribution is 0.661. The maximum atomic E-state index is 4.92. The lowest BCUT2D eigenvalue weighted by Gasteiger charge is -2.22. The van der Waals surface area contributed by atoms with Gasteiger partial charge in [0.1, 0.15) is 0 Å². The summed E-state index contributed by atoms with van der Waals surface area (Å²) in [4.78, 5) is 4.92. The number of pyridine rings is 1. The normalized spacial score (nSPS) is 13.6. The highest BCUT2D eigenvalue weighted by atomic mass is 15.0. The first-order valence-corrected chi connectivity index (χ1v) is 15.5. The van der Waals surface area contributed by atoms with Crippen LogP contribution in [0, 0.1) is 13.8 Å². The monoisotopic (exact) mass is 564 g/mol. The van der Waals surface area contributed by atoms with E-state index < -0.39 is 0 Å². The molecule has 1 aliphatic rings. The molecule has 6 aromatic carbocycles. The van der Waals surface area contributed by atoms with E-state index in [1.807, 2.05) is 12.3 Å². The third kappa shape index (κ3) is 3.34. The Hall–Kier alpha value is -5.21. The van der Waals surface area contributed by atoms with Gasteiger partial charge in [0.25, 0.3) is 0 Å². The van der Waals surface area contributed by atoms with Crippen molar-refractivity contribution in [2.45, 2.75) is 33.1 Å². The molecule has 0 saturated heterocycles. The van der Waals surface area contributed by atoms with Crippen molar-refractivity contribution in [2.24, 2.45) is 0 Å². The molecule has 0 aliphatic heterocycles. The molecule has 210 valence electrons. The van der Waals surface area contributed by atoms with E-state index in [1.54, 1.807) is 0 Å². The van der Waals surface area contributed by atoms with Crippen molar-refractivity contribution in [3.8, 4) is 27.9 Å². The summed E-state index contributed by atoms with van der Waals surface area (Å²) in [5, 5.41) is 6.10. The van der Waals surface area contributed by atoms with E-state index in [9.17, 15) is 0 Å². The quantitative estimate of drug-likeness (QED) is 0.191. The van der Waals surface area contributed by atoms with Crippen LogP contribution in [0.3, 0.4) is 0 Å². The van der Waals surface area contributed by atoms with Crippen molar-refractivity contribution in [3.05, 3.63) is 144 Å². The van der Waals surface area contributed by atoms with E-state index in [4.69, 9.17) is 4.98 Å². The molecular formula is C42H32N2. The topological polar surface area (TPSA) is 17.8 Å². The standard InChI is InChI=1S/C42H32N2/c1-25-11-5-6-14-29(25)31-22-33-34-23-32-30-15-7-8-16-35(30)42(3,4)36(32)24-39(34)44(38(33)21-26(31)2)37-17-9-12-27-18-19-28-13-10-20-43-41(28)40(27)37/h5-24H,1-4H3. The van der Waals surface area contributed by atoms with Gasteiger partial charge < -0.3 is 4.57 Å². The van der Waals surface area contributed by atoms with Crippen LogP contribution in [0.5, 0.6) is 0 Å². The van der Waals surface area contributed by atoms with Gasteiger partial charge >= 0.3 is 0 Å². The Labute approximate surface area is 257 Å². The maximum Gasteiger partial charge on any atom is 0.0801 e. The Morgan fingerprint density at radius 2 is 1.25 bits per heavy atom. The lowest BCUT2D eigenvalue weighted by atomic mass is 9.82. The van der Waals surface area contributed by atoms with Gasteiger partial charge in [-0.2, -0.15) is 0 Å². The number of rotatable bonds is 2. The van der Waals surface area contributed by atoms with Crippen LogP contribution in [0.25, 0.3) is 71.4 Å². The van der Waals surface area contributed by atoms with Crippen LogP contribution in [0.2, 0.25) is 0 Å². The van der Waals surface area contributed by atoms with E-state index in [1.165, 1.54) is 82.8 Å². The zero-order valence-corrected chi connectivity index (χ0v) is 25.4. The first-order valence-electron chi connectivity index (χ1n) is 15.5. The molecule has 44 heavy (non-hydrogen) atoms. The Bertz CT molecular complexity index is 2490. The fraction of sp³-hybridized carbons (Fsp3) is 0.119. The zero-order valence-electron chi connectivity index (χ0n) is 25.4. The summed E-state index contributed by atoms with van der Waals surface area (Å²) in [6.07, 6.45) is 1.91. The predicted octanol–water partition coefficient (Wildman–Crippen LogP) is 11.1.